The van der Waals surface area contributed by atoms with Gasteiger partial charge in [0.1, 0.15) is 0 Å². The lowest BCUT2D eigenvalue weighted by molar-refractivity contribution is 0.559. The first-order chi connectivity index (χ1) is 9.75. The maximum atomic E-state index is 4.86. The molecule has 1 aromatic rings. The molecule has 1 aromatic heterocycles. The fourth-order valence-corrected chi connectivity index (χ4v) is 3.84. The molecule has 0 fully saturated rings. The maximum Gasteiger partial charge on any atom is 0.183 e. The monoisotopic (exact) mass is 294 g/mol. The average molecular weight is 295 g/mol. The zero-order valence-corrected chi connectivity index (χ0v) is 14.0. The summed E-state index contributed by atoms with van der Waals surface area (Å²) in [4.78, 5) is 6.41. The van der Waals surface area contributed by atoms with Gasteiger partial charge in [0, 0.05) is 11.4 Å². The summed E-state index contributed by atoms with van der Waals surface area (Å²) in [5, 5.41) is 4.66. The minimum absolute atomic E-state index is 0.680. The third kappa shape index (κ3) is 5.43. The second-order valence-electron chi connectivity index (χ2n) is 6.49. The van der Waals surface area contributed by atoms with E-state index in [1.165, 1.54) is 69.9 Å². The molecule has 0 atom stereocenters. The number of nitrogens with zero attached hydrogens (tertiary/aromatic N) is 1. The SMILES string of the molecule is CC(C)CNc1nc2c(s1)CCCCCCCCCC2. The molecule has 0 saturated heterocycles. The Morgan fingerprint density at radius 3 is 2.20 bits per heavy atom. The second-order valence-corrected chi connectivity index (χ2v) is 7.58. The summed E-state index contributed by atoms with van der Waals surface area (Å²) in [6.45, 7) is 5.53. The van der Waals surface area contributed by atoms with Gasteiger partial charge >= 0.3 is 0 Å². The summed E-state index contributed by atoms with van der Waals surface area (Å²) in [5.74, 6) is 0.680. The zero-order chi connectivity index (χ0) is 14.2. The van der Waals surface area contributed by atoms with Crippen molar-refractivity contribution < 1.29 is 0 Å². The minimum Gasteiger partial charge on any atom is -0.361 e. The van der Waals surface area contributed by atoms with Gasteiger partial charge in [0.25, 0.3) is 0 Å². The minimum atomic E-state index is 0.680. The Kier molecular flexibility index (Phi) is 6.85. The van der Waals surface area contributed by atoms with Crippen LogP contribution >= 0.6 is 11.3 Å². The number of anilines is 1. The van der Waals surface area contributed by atoms with E-state index in [-0.39, 0.29) is 0 Å². The molecule has 1 aliphatic carbocycles. The number of aromatic nitrogens is 1. The van der Waals surface area contributed by atoms with Crippen molar-refractivity contribution in [2.45, 2.75) is 78.1 Å². The first-order valence-electron chi connectivity index (χ1n) is 8.48. The van der Waals surface area contributed by atoms with Crippen LogP contribution < -0.4 is 5.32 Å². The Morgan fingerprint density at radius 1 is 0.950 bits per heavy atom. The van der Waals surface area contributed by atoms with Gasteiger partial charge in [-0.25, -0.2) is 4.98 Å². The van der Waals surface area contributed by atoms with Crippen molar-refractivity contribution in [3.63, 3.8) is 0 Å². The highest BCUT2D eigenvalue weighted by atomic mass is 32.1. The van der Waals surface area contributed by atoms with E-state index in [4.69, 9.17) is 4.98 Å². The topological polar surface area (TPSA) is 24.9 Å². The molecule has 20 heavy (non-hydrogen) atoms. The van der Waals surface area contributed by atoms with Gasteiger partial charge in [-0.15, -0.1) is 11.3 Å². The van der Waals surface area contributed by atoms with E-state index in [1.54, 1.807) is 4.88 Å². The number of fused-ring (bicyclic) bond motifs is 1. The molecule has 114 valence electrons. The van der Waals surface area contributed by atoms with Gasteiger partial charge in [-0.05, 0) is 31.6 Å². The number of rotatable bonds is 3. The van der Waals surface area contributed by atoms with Gasteiger partial charge in [-0.3, -0.25) is 0 Å². The van der Waals surface area contributed by atoms with Crippen LogP contribution in [0.5, 0.6) is 0 Å². The van der Waals surface area contributed by atoms with Crippen LogP contribution in [-0.4, -0.2) is 11.5 Å². The van der Waals surface area contributed by atoms with Crippen molar-refractivity contribution in [3.8, 4) is 0 Å². The molecule has 0 radical (unpaired) electrons. The highest BCUT2D eigenvalue weighted by molar-refractivity contribution is 7.15. The fourth-order valence-electron chi connectivity index (χ4n) is 2.78. The number of thiazole rings is 1. The van der Waals surface area contributed by atoms with Crippen molar-refractivity contribution in [2.24, 2.45) is 5.92 Å². The summed E-state index contributed by atoms with van der Waals surface area (Å²) in [6.07, 6.45) is 13.6. The molecule has 0 unspecified atom stereocenters. The smallest absolute Gasteiger partial charge is 0.183 e. The molecule has 2 rings (SSSR count). The summed E-state index contributed by atoms with van der Waals surface area (Å²) in [7, 11) is 0. The summed E-state index contributed by atoms with van der Waals surface area (Å²) < 4.78 is 0. The number of hydrogen-bond donors (Lipinski definition) is 1. The Morgan fingerprint density at radius 2 is 1.55 bits per heavy atom. The molecule has 3 heteroatoms. The molecular formula is C17H30N2S. The largest absolute Gasteiger partial charge is 0.361 e. The molecule has 0 aromatic carbocycles. The van der Waals surface area contributed by atoms with E-state index in [9.17, 15) is 0 Å². The van der Waals surface area contributed by atoms with Gasteiger partial charge in [0.15, 0.2) is 5.13 Å². The Hall–Kier alpha value is -0.570. The van der Waals surface area contributed by atoms with E-state index < -0.39 is 0 Å². The average Bonchev–Trinajstić information content (AvgIpc) is 2.79. The molecule has 0 saturated carbocycles. The lowest BCUT2D eigenvalue weighted by atomic mass is 10.0. The Bertz CT molecular complexity index is 355. The zero-order valence-electron chi connectivity index (χ0n) is 13.2. The van der Waals surface area contributed by atoms with E-state index in [0.717, 1.165) is 11.7 Å². The van der Waals surface area contributed by atoms with Crippen molar-refractivity contribution in [1.82, 2.24) is 4.98 Å². The Labute approximate surface area is 128 Å². The molecule has 0 aliphatic heterocycles. The lowest BCUT2D eigenvalue weighted by Crippen LogP contribution is -2.07. The molecule has 2 nitrogen and oxygen atoms in total. The maximum absolute atomic E-state index is 4.86. The van der Waals surface area contributed by atoms with E-state index >= 15 is 0 Å². The van der Waals surface area contributed by atoms with Gasteiger partial charge < -0.3 is 5.32 Å². The van der Waals surface area contributed by atoms with Crippen LogP contribution in [0.3, 0.4) is 0 Å². The van der Waals surface area contributed by atoms with E-state index in [1.807, 2.05) is 11.3 Å². The summed E-state index contributed by atoms with van der Waals surface area (Å²) in [6, 6.07) is 0. The highest BCUT2D eigenvalue weighted by Crippen LogP contribution is 2.27. The quantitative estimate of drug-likeness (QED) is 0.804. The number of nitrogens with one attached hydrogen (secondary N) is 1. The van der Waals surface area contributed by atoms with Crippen LogP contribution in [0.2, 0.25) is 0 Å². The lowest BCUT2D eigenvalue weighted by Gasteiger charge is -2.06. The van der Waals surface area contributed by atoms with Crippen LogP contribution in [0.25, 0.3) is 0 Å². The number of aryl methyl sites for hydroxylation is 2. The standard InChI is InChI=1S/C17H30N2S/c1-14(2)13-18-17-19-15-11-9-7-5-3-4-6-8-10-12-16(15)20-17/h14H,3-13H2,1-2H3,(H,18,19). The fraction of sp³-hybridized carbons (Fsp3) is 0.824. The third-order valence-electron chi connectivity index (χ3n) is 4.01. The second kappa shape index (κ2) is 8.66. The Balaban J connectivity index is 1.97. The first-order valence-corrected chi connectivity index (χ1v) is 9.30. The molecule has 0 amide bonds. The van der Waals surface area contributed by atoms with Crippen molar-refractivity contribution in [1.29, 1.82) is 0 Å². The molecule has 1 N–H and O–H groups in total. The molecule has 1 heterocycles. The van der Waals surface area contributed by atoms with Crippen molar-refractivity contribution >= 4 is 16.5 Å². The van der Waals surface area contributed by atoms with Crippen molar-refractivity contribution in [2.75, 3.05) is 11.9 Å². The molecule has 1 aliphatic rings. The van der Waals surface area contributed by atoms with Crippen LogP contribution in [0, 0.1) is 5.92 Å². The van der Waals surface area contributed by atoms with Gasteiger partial charge in [-0.2, -0.15) is 0 Å². The summed E-state index contributed by atoms with van der Waals surface area (Å²) in [5.41, 5.74) is 1.39. The first kappa shape index (κ1) is 15.8. The van der Waals surface area contributed by atoms with Crippen molar-refractivity contribution in [3.05, 3.63) is 10.6 Å². The van der Waals surface area contributed by atoms with Gasteiger partial charge in [0.2, 0.25) is 0 Å². The van der Waals surface area contributed by atoms with Crippen LogP contribution in [0.4, 0.5) is 5.13 Å². The van der Waals surface area contributed by atoms with Crippen LogP contribution in [-0.2, 0) is 12.8 Å². The van der Waals surface area contributed by atoms with Crippen LogP contribution in [0.1, 0.15) is 75.8 Å². The number of hydrogen-bond acceptors (Lipinski definition) is 3. The van der Waals surface area contributed by atoms with E-state index in [0.29, 0.717) is 5.92 Å². The highest BCUT2D eigenvalue weighted by Gasteiger charge is 2.11. The molecule has 0 bridgehead atoms. The third-order valence-corrected chi connectivity index (χ3v) is 5.12. The predicted octanol–water partition coefficient (Wildman–Crippen LogP) is 5.43. The molecule has 0 spiro atoms. The summed E-state index contributed by atoms with van der Waals surface area (Å²) >= 11 is 1.91. The van der Waals surface area contributed by atoms with Gasteiger partial charge in [0.05, 0.1) is 5.69 Å². The molecular weight excluding hydrogens is 264 g/mol. The normalized spacial score (nSPS) is 18.1. The van der Waals surface area contributed by atoms with E-state index in [2.05, 4.69) is 19.2 Å². The van der Waals surface area contributed by atoms with Crippen LogP contribution in [0.15, 0.2) is 0 Å². The van der Waals surface area contributed by atoms with Gasteiger partial charge in [-0.1, -0.05) is 52.4 Å². The predicted molar refractivity (Wildman–Crippen MR) is 89.8 cm³/mol.